The van der Waals surface area contributed by atoms with E-state index in [1.54, 1.807) is 6.07 Å². The summed E-state index contributed by atoms with van der Waals surface area (Å²) in [5, 5.41) is 8.39. The molecule has 0 N–H and O–H groups in total. The molecule has 0 radical (unpaired) electrons. The molecule has 0 aliphatic carbocycles. The van der Waals surface area contributed by atoms with Gasteiger partial charge in [-0.25, -0.2) is 15.0 Å². The maximum Gasteiger partial charge on any atom is 0.416 e. The zero-order valence-electron chi connectivity index (χ0n) is 45.8. The molecule has 0 spiro atoms. The SMILES string of the molecule is FC(F)(F)c1ccc(-n2c3ccccc3c3c2ccc2c4ccccc4n(-c4ccccc4)c23)c(-c2cc(-n3c4ccccc4c4c3ccc3c5ccccc5n(-c5ccccc5)c34)ccc2-c2nc(-c3ccccc3)nc(-c3ccccc3)n2)c1. The van der Waals surface area contributed by atoms with E-state index in [4.69, 9.17) is 15.0 Å². The fourth-order valence-electron chi connectivity index (χ4n) is 13.4. The highest BCUT2D eigenvalue weighted by Crippen LogP contribution is 2.48. The lowest BCUT2D eigenvalue weighted by atomic mass is 9.94. The molecule has 0 atom stereocenters. The van der Waals surface area contributed by atoms with Crippen LogP contribution < -0.4 is 0 Å². The predicted molar refractivity (Wildman–Crippen MR) is 344 cm³/mol. The van der Waals surface area contributed by atoms with Gasteiger partial charge in [-0.3, -0.25) is 0 Å². The molecule has 86 heavy (non-hydrogen) atoms. The highest BCUT2D eigenvalue weighted by atomic mass is 19.4. The quantitative estimate of drug-likeness (QED) is 0.152. The van der Waals surface area contributed by atoms with Gasteiger partial charge in [0.05, 0.1) is 55.4 Å². The van der Waals surface area contributed by atoms with Crippen LogP contribution in [0.3, 0.4) is 0 Å². The van der Waals surface area contributed by atoms with E-state index in [0.717, 1.165) is 115 Å². The highest BCUT2D eigenvalue weighted by molar-refractivity contribution is 6.28. The van der Waals surface area contributed by atoms with Crippen LogP contribution in [-0.4, -0.2) is 33.2 Å². The summed E-state index contributed by atoms with van der Waals surface area (Å²) in [4.78, 5) is 15.6. The molecule has 0 aliphatic heterocycles. The number of rotatable bonds is 8. The number of hydrogen-bond donors (Lipinski definition) is 0. The Morgan fingerprint density at radius 2 is 0.686 bits per heavy atom. The number of nitrogens with zero attached hydrogens (tertiary/aromatic N) is 7. The third-order valence-electron chi connectivity index (χ3n) is 17.0. The summed E-state index contributed by atoms with van der Waals surface area (Å²) in [6, 6.07) is 92.6. The predicted octanol–water partition coefficient (Wildman–Crippen LogP) is 19.9. The van der Waals surface area contributed by atoms with Crippen molar-refractivity contribution >= 4 is 87.2 Å². The van der Waals surface area contributed by atoms with E-state index in [1.807, 2.05) is 121 Å². The average Bonchev–Trinajstić information content (AvgIpc) is 1.69. The summed E-state index contributed by atoms with van der Waals surface area (Å²) in [5.74, 6) is 1.15. The Balaban J connectivity index is 1.00. The van der Waals surface area contributed by atoms with Gasteiger partial charge >= 0.3 is 6.18 Å². The minimum atomic E-state index is -4.71. The van der Waals surface area contributed by atoms with Crippen molar-refractivity contribution in [2.75, 3.05) is 0 Å². The van der Waals surface area contributed by atoms with Gasteiger partial charge < -0.3 is 18.3 Å². The van der Waals surface area contributed by atoms with Gasteiger partial charge in [0.15, 0.2) is 17.5 Å². The van der Waals surface area contributed by atoms with E-state index in [2.05, 4.69) is 158 Å². The van der Waals surface area contributed by atoms with Gasteiger partial charge in [0.25, 0.3) is 0 Å². The summed E-state index contributed by atoms with van der Waals surface area (Å²) in [6.45, 7) is 0. The van der Waals surface area contributed by atoms with Crippen LogP contribution in [0.15, 0.2) is 279 Å². The normalized spacial score (nSPS) is 12.1. The Labute approximate surface area is 490 Å². The zero-order chi connectivity index (χ0) is 57.2. The van der Waals surface area contributed by atoms with Crippen molar-refractivity contribution in [2.24, 2.45) is 0 Å². The van der Waals surface area contributed by atoms with Crippen molar-refractivity contribution in [1.82, 2.24) is 33.2 Å². The van der Waals surface area contributed by atoms with E-state index < -0.39 is 11.7 Å². The van der Waals surface area contributed by atoms with Crippen LogP contribution in [0, 0.1) is 0 Å². The van der Waals surface area contributed by atoms with E-state index >= 15 is 13.2 Å². The van der Waals surface area contributed by atoms with Crippen molar-refractivity contribution in [3.8, 4) is 68.0 Å². The highest BCUT2D eigenvalue weighted by Gasteiger charge is 2.33. The summed E-state index contributed by atoms with van der Waals surface area (Å²) in [7, 11) is 0. The smallest absolute Gasteiger partial charge is 0.309 e. The second-order valence-corrected chi connectivity index (χ2v) is 21.8. The largest absolute Gasteiger partial charge is 0.416 e. The van der Waals surface area contributed by atoms with E-state index in [9.17, 15) is 0 Å². The summed E-state index contributed by atoms with van der Waals surface area (Å²) in [6.07, 6.45) is -4.71. The second kappa shape index (κ2) is 19.1. The first-order chi connectivity index (χ1) is 42.3. The molecule has 0 saturated carbocycles. The Hall–Kier alpha value is -11.4. The number of para-hydroxylation sites is 6. The lowest BCUT2D eigenvalue weighted by molar-refractivity contribution is -0.137. The zero-order valence-corrected chi connectivity index (χ0v) is 45.8. The maximum absolute atomic E-state index is 15.8. The van der Waals surface area contributed by atoms with Crippen LogP contribution in [0.2, 0.25) is 0 Å². The van der Waals surface area contributed by atoms with Gasteiger partial charge in [-0.15, -0.1) is 0 Å². The molecule has 5 aromatic heterocycles. The number of fused-ring (bicyclic) bond motifs is 14. The molecule has 17 rings (SSSR count). The molecule has 17 aromatic rings. The Morgan fingerprint density at radius 3 is 1.19 bits per heavy atom. The van der Waals surface area contributed by atoms with E-state index in [1.165, 1.54) is 12.1 Å². The molecule has 10 heteroatoms. The molecule has 7 nitrogen and oxygen atoms in total. The molecule has 0 fully saturated rings. The topological polar surface area (TPSA) is 58.4 Å². The van der Waals surface area contributed by atoms with Gasteiger partial charge in [-0.05, 0) is 103 Å². The molecule has 0 aliphatic rings. The molecular formula is C76H46F3N7. The third-order valence-corrected chi connectivity index (χ3v) is 17.0. The lowest BCUT2D eigenvalue weighted by Gasteiger charge is -2.20. The van der Waals surface area contributed by atoms with Crippen LogP contribution in [0.5, 0.6) is 0 Å². The lowest BCUT2D eigenvalue weighted by Crippen LogP contribution is -2.08. The third kappa shape index (κ3) is 7.52. The van der Waals surface area contributed by atoms with E-state index in [-0.39, 0.29) is 0 Å². The van der Waals surface area contributed by atoms with Crippen molar-refractivity contribution in [1.29, 1.82) is 0 Å². The molecule has 0 bridgehead atoms. The molecule has 0 saturated heterocycles. The first-order valence-corrected chi connectivity index (χ1v) is 28.6. The number of hydrogen-bond acceptors (Lipinski definition) is 3. The Bertz CT molecular complexity index is 5510. The first-order valence-electron chi connectivity index (χ1n) is 28.6. The van der Waals surface area contributed by atoms with Gasteiger partial charge in [-0.1, -0.05) is 182 Å². The van der Waals surface area contributed by atoms with Gasteiger partial charge in [0, 0.05) is 82.4 Å². The van der Waals surface area contributed by atoms with Crippen LogP contribution in [-0.2, 0) is 6.18 Å². The Kier molecular flexibility index (Phi) is 10.9. The molecule has 0 amide bonds. The molecule has 406 valence electrons. The van der Waals surface area contributed by atoms with E-state index in [0.29, 0.717) is 39.9 Å². The Morgan fingerprint density at radius 1 is 0.267 bits per heavy atom. The van der Waals surface area contributed by atoms with Crippen LogP contribution in [0.1, 0.15) is 5.56 Å². The average molecular weight is 1110 g/mol. The van der Waals surface area contributed by atoms with Crippen molar-refractivity contribution in [3.63, 3.8) is 0 Å². The number of benzene rings is 12. The van der Waals surface area contributed by atoms with Crippen LogP contribution >= 0.6 is 0 Å². The second-order valence-electron chi connectivity index (χ2n) is 21.8. The number of halogens is 3. The van der Waals surface area contributed by atoms with Crippen LogP contribution in [0.25, 0.3) is 155 Å². The summed E-state index contributed by atoms with van der Waals surface area (Å²) >= 11 is 0. The van der Waals surface area contributed by atoms with Gasteiger partial charge in [0.1, 0.15) is 0 Å². The number of alkyl halides is 3. The summed E-state index contributed by atoms with van der Waals surface area (Å²) < 4.78 is 56.5. The fraction of sp³-hybridized carbons (Fsp3) is 0.0132. The first kappa shape index (κ1) is 49.3. The molecule has 12 aromatic carbocycles. The number of aromatic nitrogens is 7. The van der Waals surface area contributed by atoms with Crippen LogP contribution in [0.4, 0.5) is 13.2 Å². The van der Waals surface area contributed by atoms with Gasteiger partial charge in [0.2, 0.25) is 0 Å². The van der Waals surface area contributed by atoms with Crippen molar-refractivity contribution in [3.05, 3.63) is 285 Å². The fourth-order valence-corrected chi connectivity index (χ4v) is 13.4. The maximum atomic E-state index is 15.8. The minimum Gasteiger partial charge on any atom is -0.309 e. The molecule has 5 heterocycles. The monoisotopic (exact) mass is 1110 g/mol. The van der Waals surface area contributed by atoms with Crippen molar-refractivity contribution in [2.45, 2.75) is 6.18 Å². The summed E-state index contributed by atoms with van der Waals surface area (Å²) in [5.41, 5.74) is 13.1. The standard InChI is InChI=1S/C76H46F3N7/c77-76(78,79)49-37-42-66(86-65-36-20-16-32-59(65)70-68(86)44-41-56-54-30-14-18-34-63(54)85(72(56)70)51-27-11-4-12-28-51)61(45-49)60-46-52(38-39-57(60)75-81-73(47-21-5-1-6-22-47)80-74(82-75)48-23-7-2-8-24-48)83-64-35-19-15-31-58(64)69-67(83)43-40-55-53-29-13-17-33-62(53)84(71(55)69)50-25-9-3-10-26-50/h1-46H. The minimum absolute atomic E-state index is 0.301. The molecule has 0 unspecified atom stereocenters. The van der Waals surface area contributed by atoms with Crippen molar-refractivity contribution < 1.29 is 13.2 Å². The molecular weight excluding hydrogens is 1070 g/mol. The van der Waals surface area contributed by atoms with Gasteiger partial charge in [-0.2, -0.15) is 13.2 Å².